The van der Waals surface area contributed by atoms with Gasteiger partial charge < -0.3 is 14.9 Å². The number of nitrogens with zero attached hydrogens (tertiary/aromatic N) is 4. The van der Waals surface area contributed by atoms with Crippen LogP contribution in [0.3, 0.4) is 0 Å². The van der Waals surface area contributed by atoms with Crippen LogP contribution >= 0.6 is 0 Å². The van der Waals surface area contributed by atoms with E-state index in [-0.39, 0.29) is 24.5 Å². The predicted molar refractivity (Wildman–Crippen MR) is 219 cm³/mol. The summed E-state index contributed by atoms with van der Waals surface area (Å²) >= 11 is 0. The number of hydrogen-bond donors (Lipinski definition) is 2. The molecule has 1 unspecified atom stereocenters. The lowest BCUT2D eigenvalue weighted by Crippen LogP contribution is -2.54. The second-order valence-corrected chi connectivity index (χ2v) is 15.4. The van der Waals surface area contributed by atoms with E-state index in [1.165, 1.54) is 47.2 Å². The van der Waals surface area contributed by atoms with Crippen molar-refractivity contribution in [2.45, 2.75) is 51.5 Å². The molecule has 4 aliphatic heterocycles. The number of anilines is 2. The summed E-state index contributed by atoms with van der Waals surface area (Å²) in [6, 6.07) is 31.5. The predicted octanol–water partition coefficient (Wildman–Crippen LogP) is 6.59. The van der Waals surface area contributed by atoms with Crippen LogP contribution in [0.2, 0.25) is 0 Å². The fraction of sp³-hybridized carbons (Fsp3) is 0.348. The quantitative estimate of drug-likeness (QED) is 0.138. The number of phenolic OH excluding ortho intramolecular Hbond substituents is 1. The maximum Gasteiger partial charge on any atom is 0.262 e. The Morgan fingerprint density at radius 2 is 1.30 bits per heavy atom. The van der Waals surface area contributed by atoms with Crippen LogP contribution in [0, 0.1) is 5.92 Å². The van der Waals surface area contributed by atoms with E-state index in [0.717, 1.165) is 68.4 Å². The second-order valence-electron chi connectivity index (χ2n) is 15.4. The van der Waals surface area contributed by atoms with E-state index < -0.39 is 23.8 Å². The van der Waals surface area contributed by atoms with Gasteiger partial charge in [0, 0.05) is 57.1 Å². The van der Waals surface area contributed by atoms with Gasteiger partial charge in [0.05, 0.1) is 11.1 Å². The van der Waals surface area contributed by atoms with Gasteiger partial charge >= 0.3 is 0 Å². The van der Waals surface area contributed by atoms with Crippen molar-refractivity contribution in [3.8, 4) is 5.75 Å². The molecule has 0 bridgehead atoms. The standard InChI is InChI=1S/C46H49N5O5/c1-2-38(32-6-4-3-5-7-32)43(34-10-15-37(52)16-11-34)33-8-12-35(13-9-33)49-24-21-31(22-25-49)20-23-48-26-28-50(29-27-48)36-14-17-39-40(30-36)46(56)51(45(39)55)41-18-19-42(53)47-44(41)54/h3-17,30-31,41,52H,2,18-29H2,1H3,(H,47,53,54)/b43-38-. The maximum atomic E-state index is 13.3. The number of nitrogens with one attached hydrogen (secondary N) is 1. The second kappa shape index (κ2) is 16.2. The van der Waals surface area contributed by atoms with Crippen LogP contribution in [0.25, 0.3) is 11.1 Å². The molecule has 4 aliphatic rings. The highest BCUT2D eigenvalue weighted by atomic mass is 16.3. The minimum atomic E-state index is -0.958. The Kier molecular flexibility index (Phi) is 10.7. The van der Waals surface area contributed by atoms with Crippen LogP contribution in [0.5, 0.6) is 5.75 Å². The summed E-state index contributed by atoms with van der Waals surface area (Å²) in [5, 5.41) is 12.2. The average molecular weight is 752 g/mol. The number of hydrogen-bond acceptors (Lipinski definition) is 8. The summed E-state index contributed by atoms with van der Waals surface area (Å²) in [4.78, 5) is 58.9. The average Bonchev–Trinajstić information content (AvgIpc) is 3.48. The Hall–Kier alpha value is -5.74. The van der Waals surface area contributed by atoms with Crippen LogP contribution in [0.15, 0.2) is 97.1 Å². The van der Waals surface area contributed by atoms with Gasteiger partial charge in [0.2, 0.25) is 11.8 Å². The smallest absolute Gasteiger partial charge is 0.262 e. The molecule has 8 rings (SSSR count). The Balaban J connectivity index is 0.833. The number of rotatable bonds is 10. The molecular weight excluding hydrogens is 703 g/mol. The van der Waals surface area contributed by atoms with Crippen LogP contribution in [-0.4, -0.2) is 90.4 Å². The molecule has 2 N–H and O–H groups in total. The maximum absolute atomic E-state index is 13.3. The van der Waals surface area contributed by atoms with Gasteiger partial charge in [-0.15, -0.1) is 0 Å². The molecule has 0 saturated carbocycles. The summed E-state index contributed by atoms with van der Waals surface area (Å²) in [5.74, 6) is -0.960. The first-order chi connectivity index (χ1) is 27.3. The first-order valence-electron chi connectivity index (χ1n) is 20.0. The molecule has 10 heteroatoms. The number of carbonyl (C=O) groups is 4. The number of fused-ring (bicyclic) bond motifs is 1. The van der Waals surface area contributed by atoms with Gasteiger partial charge in [-0.05, 0) is 115 Å². The monoisotopic (exact) mass is 751 g/mol. The van der Waals surface area contributed by atoms with Crippen molar-refractivity contribution in [2.24, 2.45) is 5.92 Å². The number of allylic oxidation sites excluding steroid dienone is 1. The third kappa shape index (κ3) is 7.58. The number of piperidine rings is 2. The zero-order chi connectivity index (χ0) is 38.8. The minimum absolute atomic E-state index is 0.104. The Bertz CT molecular complexity index is 2130. The van der Waals surface area contributed by atoms with Crippen molar-refractivity contribution in [1.29, 1.82) is 0 Å². The highest BCUT2D eigenvalue weighted by Gasteiger charge is 2.44. The fourth-order valence-electron chi connectivity index (χ4n) is 8.88. The van der Waals surface area contributed by atoms with Gasteiger partial charge in [0.1, 0.15) is 11.8 Å². The molecule has 4 aromatic carbocycles. The lowest BCUT2D eigenvalue weighted by molar-refractivity contribution is -0.136. The van der Waals surface area contributed by atoms with Crippen molar-refractivity contribution in [2.75, 3.05) is 55.6 Å². The first kappa shape index (κ1) is 37.2. The van der Waals surface area contributed by atoms with Crippen molar-refractivity contribution >= 4 is 46.1 Å². The van der Waals surface area contributed by atoms with Crippen LogP contribution in [0.1, 0.15) is 82.9 Å². The van der Waals surface area contributed by atoms with Crippen molar-refractivity contribution in [3.63, 3.8) is 0 Å². The van der Waals surface area contributed by atoms with Gasteiger partial charge in [0.15, 0.2) is 0 Å². The van der Waals surface area contributed by atoms with E-state index in [1.807, 2.05) is 24.3 Å². The fourth-order valence-corrected chi connectivity index (χ4v) is 8.88. The summed E-state index contributed by atoms with van der Waals surface area (Å²) in [6.07, 6.45) is 4.67. The molecule has 4 aromatic rings. The third-order valence-corrected chi connectivity index (χ3v) is 12.1. The number of amides is 4. The number of aromatic hydroxyl groups is 1. The van der Waals surface area contributed by atoms with Gasteiger partial charge in [0.25, 0.3) is 11.8 Å². The molecule has 4 amide bonds. The SMILES string of the molecule is CC/C(=C(/c1ccc(O)cc1)c1ccc(N2CCC(CCN3CCN(c4ccc5c(c4)C(=O)N(C4CCC(=O)NC4=O)C5=O)CC3)CC2)cc1)c1ccccc1. The highest BCUT2D eigenvalue weighted by Crippen LogP contribution is 2.37. The largest absolute Gasteiger partial charge is 0.508 e. The van der Waals surface area contributed by atoms with E-state index in [2.05, 4.69) is 75.5 Å². The first-order valence-corrected chi connectivity index (χ1v) is 20.0. The number of carbonyl (C=O) groups excluding carboxylic acids is 4. The van der Waals surface area contributed by atoms with Gasteiger partial charge in [-0.2, -0.15) is 0 Å². The van der Waals surface area contributed by atoms with E-state index in [9.17, 15) is 24.3 Å². The number of benzene rings is 4. The van der Waals surface area contributed by atoms with Gasteiger partial charge in [-0.1, -0.05) is 61.5 Å². The minimum Gasteiger partial charge on any atom is -0.508 e. The van der Waals surface area contributed by atoms with Gasteiger partial charge in [-0.25, -0.2) is 0 Å². The molecule has 0 aliphatic carbocycles. The molecule has 1 atom stereocenters. The van der Waals surface area contributed by atoms with E-state index in [0.29, 0.717) is 17.0 Å². The van der Waals surface area contributed by atoms with Crippen LogP contribution in [0.4, 0.5) is 11.4 Å². The molecule has 0 aromatic heterocycles. The van der Waals surface area contributed by atoms with E-state index >= 15 is 0 Å². The molecule has 10 nitrogen and oxygen atoms in total. The molecule has 0 spiro atoms. The number of imide groups is 2. The molecular formula is C46H49N5O5. The highest BCUT2D eigenvalue weighted by molar-refractivity contribution is 6.23. The number of phenols is 1. The summed E-state index contributed by atoms with van der Waals surface area (Å²) in [5.41, 5.74) is 8.76. The lowest BCUT2D eigenvalue weighted by atomic mass is 9.88. The lowest BCUT2D eigenvalue weighted by Gasteiger charge is -2.38. The molecule has 3 fully saturated rings. The van der Waals surface area contributed by atoms with Crippen molar-refractivity contribution in [1.82, 2.24) is 15.1 Å². The summed E-state index contributed by atoms with van der Waals surface area (Å²) in [7, 11) is 0. The Morgan fingerprint density at radius 1 is 0.679 bits per heavy atom. The van der Waals surface area contributed by atoms with Gasteiger partial charge in [-0.3, -0.25) is 34.3 Å². The molecule has 56 heavy (non-hydrogen) atoms. The van der Waals surface area contributed by atoms with Crippen molar-refractivity contribution in [3.05, 3.63) is 125 Å². The van der Waals surface area contributed by atoms with E-state index in [1.54, 1.807) is 24.3 Å². The zero-order valence-corrected chi connectivity index (χ0v) is 32.0. The molecule has 0 radical (unpaired) electrons. The van der Waals surface area contributed by atoms with E-state index in [4.69, 9.17) is 0 Å². The zero-order valence-electron chi connectivity index (χ0n) is 32.0. The van der Waals surface area contributed by atoms with Crippen LogP contribution in [-0.2, 0) is 9.59 Å². The summed E-state index contributed by atoms with van der Waals surface area (Å²) < 4.78 is 0. The Labute approximate surface area is 328 Å². The number of piperazine rings is 1. The molecule has 3 saturated heterocycles. The topological polar surface area (TPSA) is 114 Å². The molecule has 288 valence electrons. The Morgan fingerprint density at radius 3 is 1.96 bits per heavy atom. The molecule has 4 heterocycles. The third-order valence-electron chi connectivity index (χ3n) is 12.1. The normalized spacial score (nSPS) is 19.9. The van der Waals surface area contributed by atoms with Crippen molar-refractivity contribution < 1.29 is 24.3 Å². The van der Waals surface area contributed by atoms with Crippen LogP contribution < -0.4 is 15.1 Å². The summed E-state index contributed by atoms with van der Waals surface area (Å²) in [6.45, 7) is 8.89.